The first kappa shape index (κ1) is 16.4. The summed E-state index contributed by atoms with van der Waals surface area (Å²) in [4.78, 5) is 20.8. The van der Waals surface area contributed by atoms with E-state index in [4.69, 9.17) is 4.74 Å². The molecule has 1 fully saturated rings. The highest BCUT2D eigenvalue weighted by atomic mass is 16.5. The van der Waals surface area contributed by atoms with Crippen LogP contribution in [0, 0.1) is 6.92 Å². The second-order valence-electron chi connectivity index (χ2n) is 5.98. The fourth-order valence-electron chi connectivity index (χ4n) is 2.86. The molecule has 128 valence electrons. The highest BCUT2D eigenvalue weighted by Crippen LogP contribution is 2.15. The van der Waals surface area contributed by atoms with E-state index in [1.807, 2.05) is 48.5 Å². The SMILES string of the molecule is CCn1ccnc1N1CCN(C(=O)COc2ccc(C)cc2)CC1. The fraction of sp³-hybridized carbons (Fsp3) is 0.444. The number of anilines is 1. The molecular formula is C18H24N4O2. The number of imidazole rings is 1. The lowest BCUT2D eigenvalue weighted by Crippen LogP contribution is -2.50. The molecule has 1 aliphatic rings. The van der Waals surface area contributed by atoms with Crippen molar-refractivity contribution in [2.75, 3.05) is 37.7 Å². The monoisotopic (exact) mass is 328 g/mol. The lowest BCUT2D eigenvalue weighted by Gasteiger charge is -2.35. The smallest absolute Gasteiger partial charge is 0.260 e. The molecule has 2 aromatic rings. The third kappa shape index (κ3) is 3.69. The van der Waals surface area contributed by atoms with E-state index in [0.717, 1.165) is 31.3 Å². The number of aromatic nitrogens is 2. The van der Waals surface area contributed by atoms with Crippen LogP contribution in [0.4, 0.5) is 5.95 Å². The van der Waals surface area contributed by atoms with Crippen LogP contribution >= 0.6 is 0 Å². The van der Waals surface area contributed by atoms with Crippen LogP contribution in [0.3, 0.4) is 0 Å². The normalized spacial score (nSPS) is 14.8. The Morgan fingerprint density at radius 1 is 1.17 bits per heavy atom. The van der Waals surface area contributed by atoms with Gasteiger partial charge in [-0.2, -0.15) is 0 Å². The number of rotatable bonds is 5. The van der Waals surface area contributed by atoms with Crippen molar-refractivity contribution in [3.8, 4) is 5.75 Å². The van der Waals surface area contributed by atoms with Crippen molar-refractivity contribution in [2.24, 2.45) is 0 Å². The first-order chi connectivity index (χ1) is 11.7. The Bertz CT molecular complexity index is 673. The van der Waals surface area contributed by atoms with Crippen molar-refractivity contribution in [1.82, 2.24) is 14.5 Å². The highest BCUT2D eigenvalue weighted by molar-refractivity contribution is 5.78. The predicted octanol–water partition coefficient (Wildman–Crippen LogP) is 1.94. The van der Waals surface area contributed by atoms with Crippen molar-refractivity contribution < 1.29 is 9.53 Å². The summed E-state index contributed by atoms with van der Waals surface area (Å²) in [7, 11) is 0. The van der Waals surface area contributed by atoms with E-state index in [0.29, 0.717) is 13.1 Å². The van der Waals surface area contributed by atoms with Crippen LogP contribution in [0.1, 0.15) is 12.5 Å². The number of hydrogen-bond acceptors (Lipinski definition) is 4. The van der Waals surface area contributed by atoms with Gasteiger partial charge in [0.25, 0.3) is 5.91 Å². The zero-order valence-electron chi connectivity index (χ0n) is 14.3. The summed E-state index contributed by atoms with van der Waals surface area (Å²) in [6, 6.07) is 7.75. The number of nitrogens with zero attached hydrogens (tertiary/aromatic N) is 4. The number of hydrogen-bond donors (Lipinski definition) is 0. The molecule has 0 atom stereocenters. The van der Waals surface area contributed by atoms with Crippen LogP contribution in [-0.2, 0) is 11.3 Å². The fourth-order valence-corrected chi connectivity index (χ4v) is 2.86. The average molecular weight is 328 g/mol. The lowest BCUT2D eigenvalue weighted by atomic mass is 10.2. The molecule has 24 heavy (non-hydrogen) atoms. The summed E-state index contributed by atoms with van der Waals surface area (Å²) in [5.41, 5.74) is 1.18. The molecule has 0 bridgehead atoms. The molecule has 6 nitrogen and oxygen atoms in total. The van der Waals surface area contributed by atoms with E-state index in [9.17, 15) is 4.79 Å². The summed E-state index contributed by atoms with van der Waals surface area (Å²) in [6.45, 7) is 8.12. The molecule has 1 aliphatic heterocycles. The molecule has 1 aromatic heterocycles. The van der Waals surface area contributed by atoms with Crippen LogP contribution in [0.15, 0.2) is 36.7 Å². The summed E-state index contributed by atoms with van der Waals surface area (Å²) < 4.78 is 7.71. The van der Waals surface area contributed by atoms with Gasteiger partial charge in [-0.25, -0.2) is 4.98 Å². The summed E-state index contributed by atoms with van der Waals surface area (Å²) in [5, 5.41) is 0. The van der Waals surface area contributed by atoms with Crippen LogP contribution in [-0.4, -0.2) is 53.1 Å². The number of piperazine rings is 1. The first-order valence-electron chi connectivity index (χ1n) is 8.40. The van der Waals surface area contributed by atoms with Gasteiger partial charge in [0.2, 0.25) is 5.95 Å². The van der Waals surface area contributed by atoms with Gasteiger partial charge in [-0.1, -0.05) is 17.7 Å². The maximum absolute atomic E-state index is 12.3. The number of ether oxygens (including phenoxy) is 1. The minimum absolute atomic E-state index is 0.0362. The van der Waals surface area contributed by atoms with Crippen LogP contribution in [0.25, 0.3) is 0 Å². The molecule has 0 spiro atoms. The number of carbonyl (C=O) groups is 1. The maximum atomic E-state index is 12.3. The van der Waals surface area contributed by atoms with Gasteiger partial charge < -0.3 is 19.1 Å². The molecule has 3 rings (SSSR count). The van der Waals surface area contributed by atoms with Gasteiger partial charge in [-0.05, 0) is 26.0 Å². The molecule has 0 N–H and O–H groups in total. The Morgan fingerprint density at radius 2 is 1.88 bits per heavy atom. The Kier molecular flexibility index (Phi) is 5.03. The van der Waals surface area contributed by atoms with Gasteiger partial charge in [-0.15, -0.1) is 0 Å². The molecule has 0 saturated carbocycles. The third-order valence-electron chi connectivity index (χ3n) is 4.33. The van der Waals surface area contributed by atoms with Gasteiger partial charge in [0.15, 0.2) is 6.61 Å². The molecule has 2 heterocycles. The lowest BCUT2D eigenvalue weighted by molar-refractivity contribution is -0.133. The standard InChI is InChI=1S/C18H24N4O2/c1-3-20-9-8-19-18(20)22-12-10-21(11-13-22)17(23)14-24-16-6-4-15(2)5-7-16/h4-9H,3,10-14H2,1-2H3. The van der Waals surface area contributed by atoms with E-state index in [1.165, 1.54) is 5.56 Å². The van der Waals surface area contributed by atoms with Crippen LogP contribution in [0.5, 0.6) is 5.75 Å². The van der Waals surface area contributed by atoms with Gasteiger partial charge in [0.1, 0.15) is 5.75 Å². The molecule has 1 saturated heterocycles. The quantitative estimate of drug-likeness (QED) is 0.842. The molecule has 6 heteroatoms. The Hall–Kier alpha value is -2.50. The van der Waals surface area contributed by atoms with Crippen LogP contribution in [0.2, 0.25) is 0 Å². The Labute approximate surface area is 142 Å². The zero-order chi connectivity index (χ0) is 16.9. The average Bonchev–Trinajstić information content (AvgIpc) is 3.10. The molecular weight excluding hydrogens is 304 g/mol. The first-order valence-corrected chi connectivity index (χ1v) is 8.40. The molecule has 1 amide bonds. The van der Waals surface area contributed by atoms with E-state index >= 15 is 0 Å². The summed E-state index contributed by atoms with van der Waals surface area (Å²) >= 11 is 0. The Balaban J connectivity index is 1.49. The van der Waals surface area contributed by atoms with Gasteiger partial charge >= 0.3 is 0 Å². The minimum atomic E-state index is 0.0362. The van der Waals surface area contributed by atoms with E-state index in [-0.39, 0.29) is 12.5 Å². The van der Waals surface area contributed by atoms with Crippen molar-refractivity contribution in [1.29, 1.82) is 0 Å². The second-order valence-corrected chi connectivity index (χ2v) is 5.98. The van der Waals surface area contributed by atoms with E-state index < -0.39 is 0 Å². The van der Waals surface area contributed by atoms with Gasteiger partial charge in [0, 0.05) is 45.1 Å². The number of aryl methyl sites for hydroxylation is 2. The van der Waals surface area contributed by atoms with E-state index in [1.54, 1.807) is 0 Å². The van der Waals surface area contributed by atoms with Crippen molar-refractivity contribution in [3.63, 3.8) is 0 Å². The predicted molar refractivity (Wildman–Crippen MR) is 93.4 cm³/mol. The third-order valence-corrected chi connectivity index (χ3v) is 4.33. The largest absolute Gasteiger partial charge is 0.484 e. The molecule has 0 aliphatic carbocycles. The van der Waals surface area contributed by atoms with Crippen LogP contribution < -0.4 is 9.64 Å². The maximum Gasteiger partial charge on any atom is 0.260 e. The molecule has 1 aromatic carbocycles. The van der Waals surface area contributed by atoms with Gasteiger partial charge in [0.05, 0.1) is 0 Å². The Morgan fingerprint density at radius 3 is 2.54 bits per heavy atom. The van der Waals surface area contributed by atoms with E-state index in [2.05, 4.69) is 21.4 Å². The minimum Gasteiger partial charge on any atom is -0.484 e. The zero-order valence-corrected chi connectivity index (χ0v) is 14.3. The number of amides is 1. The molecule has 0 unspecified atom stereocenters. The van der Waals surface area contributed by atoms with Crippen molar-refractivity contribution >= 4 is 11.9 Å². The van der Waals surface area contributed by atoms with Crippen molar-refractivity contribution in [2.45, 2.75) is 20.4 Å². The topological polar surface area (TPSA) is 50.6 Å². The van der Waals surface area contributed by atoms with Gasteiger partial charge in [-0.3, -0.25) is 4.79 Å². The number of benzene rings is 1. The molecule has 0 radical (unpaired) electrons. The highest BCUT2D eigenvalue weighted by Gasteiger charge is 2.23. The second kappa shape index (κ2) is 7.38. The van der Waals surface area contributed by atoms with Crippen molar-refractivity contribution in [3.05, 3.63) is 42.2 Å². The summed E-state index contributed by atoms with van der Waals surface area (Å²) in [6.07, 6.45) is 3.81. The summed E-state index contributed by atoms with van der Waals surface area (Å²) in [5.74, 6) is 1.76. The number of carbonyl (C=O) groups excluding carboxylic acids is 1.